The molecule has 0 amide bonds. The summed E-state index contributed by atoms with van der Waals surface area (Å²) in [5.41, 5.74) is 2.14. The van der Waals surface area contributed by atoms with Crippen molar-refractivity contribution in [1.82, 2.24) is 4.90 Å². The Bertz CT molecular complexity index is 917. The summed E-state index contributed by atoms with van der Waals surface area (Å²) < 4.78 is 34.6. The molecule has 7 heteroatoms. The Kier molecular flexibility index (Phi) is 6.05. The van der Waals surface area contributed by atoms with Crippen molar-refractivity contribution in [3.05, 3.63) is 35.4 Å². The standard InChI is InChI=1S/C24H31NO6/c1-7-25(8-2)24-14(3)22(15-9-20(26-4)23(28-6)21(10-15)27-5)16-11-18-19(30-13-29-18)12-17(16)31-24/h9-12,14,22,24H,7-8,13H2,1-6H3/t14-,22+,24-/m1/s1. The number of hydrogen-bond acceptors (Lipinski definition) is 7. The van der Waals surface area contributed by atoms with Crippen LogP contribution in [0.3, 0.4) is 0 Å². The lowest BCUT2D eigenvalue weighted by atomic mass is 9.78. The van der Waals surface area contributed by atoms with Crippen molar-refractivity contribution in [3.8, 4) is 34.5 Å². The number of nitrogens with zero attached hydrogens (tertiary/aromatic N) is 1. The van der Waals surface area contributed by atoms with Crippen LogP contribution in [-0.4, -0.2) is 52.3 Å². The number of fused-ring (bicyclic) bond motifs is 2. The molecule has 2 aromatic rings. The topological polar surface area (TPSA) is 58.6 Å². The van der Waals surface area contributed by atoms with Crippen molar-refractivity contribution in [3.63, 3.8) is 0 Å². The van der Waals surface area contributed by atoms with Gasteiger partial charge >= 0.3 is 0 Å². The van der Waals surface area contributed by atoms with Crippen molar-refractivity contribution in [2.45, 2.75) is 32.9 Å². The number of ether oxygens (including phenoxy) is 6. The molecule has 3 atom stereocenters. The van der Waals surface area contributed by atoms with Gasteiger partial charge in [-0.3, -0.25) is 4.90 Å². The predicted molar refractivity (Wildman–Crippen MR) is 117 cm³/mol. The van der Waals surface area contributed by atoms with E-state index in [1.165, 1.54) is 0 Å². The molecule has 0 spiro atoms. The fourth-order valence-electron chi connectivity index (χ4n) is 4.72. The molecular weight excluding hydrogens is 398 g/mol. The van der Waals surface area contributed by atoms with Gasteiger partial charge in [-0.25, -0.2) is 0 Å². The van der Waals surface area contributed by atoms with Crippen LogP contribution in [0.5, 0.6) is 34.5 Å². The Hall–Kier alpha value is -2.80. The zero-order valence-corrected chi connectivity index (χ0v) is 19.1. The highest BCUT2D eigenvalue weighted by molar-refractivity contribution is 5.60. The van der Waals surface area contributed by atoms with Crippen molar-refractivity contribution in [2.24, 2.45) is 5.92 Å². The molecule has 0 radical (unpaired) electrons. The van der Waals surface area contributed by atoms with Crippen molar-refractivity contribution < 1.29 is 28.4 Å². The smallest absolute Gasteiger partial charge is 0.231 e. The molecule has 0 fully saturated rings. The van der Waals surface area contributed by atoms with Gasteiger partial charge in [0.05, 0.1) is 21.3 Å². The number of hydrogen-bond donors (Lipinski definition) is 0. The van der Waals surface area contributed by atoms with Crippen LogP contribution in [0.2, 0.25) is 0 Å². The van der Waals surface area contributed by atoms with Crippen LogP contribution in [0, 0.1) is 5.92 Å². The maximum atomic E-state index is 6.53. The third-order valence-electron chi connectivity index (χ3n) is 6.28. The summed E-state index contributed by atoms with van der Waals surface area (Å²) in [6.07, 6.45) is -0.0769. The predicted octanol–water partition coefficient (Wildman–Crippen LogP) is 4.27. The number of methoxy groups -OCH3 is 3. The molecule has 0 saturated carbocycles. The second kappa shape index (κ2) is 8.75. The second-order valence-corrected chi connectivity index (χ2v) is 7.77. The molecule has 4 rings (SSSR count). The Morgan fingerprint density at radius 1 is 0.871 bits per heavy atom. The molecule has 168 valence electrons. The van der Waals surface area contributed by atoms with E-state index in [4.69, 9.17) is 28.4 Å². The van der Waals surface area contributed by atoms with Gasteiger partial charge in [-0.2, -0.15) is 0 Å². The normalized spacial score (nSPS) is 21.5. The van der Waals surface area contributed by atoms with Crippen molar-refractivity contribution in [2.75, 3.05) is 41.2 Å². The lowest BCUT2D eigenvalue weighted by Gasteiger charge is -2.43. The molecule has 2 heterocycles. The minimum atomic E-state index is -0.0769. The molecule has 2 aliphatic rings. The average Bonchev–Trinajstić information content (AvgIpc) is 3.25. The molecular formula is C24H31NO6. The Morgan fingerprint density at radius 3 is 2.03 bits per heavy atom. The van der Waals surface area contributed by atoms with E-state index in [2.05, 4.69) is 25.7 Å². The van der Waals surface area contributed by atoms with Gasteiger partial charge in [0.2, 0.25) is 12.5 Å². The van der Waals surface area contributed by atoms with Gasteiger partial charge in [-0.1, -0.05) is 20.8 Å². The highest BCUT2D eigenvalue weighted by Gasteiger charge is 2.40. The summed E-state index contributed by atoms with van der Waals surface area (Å²) in [5, 5.41) is 0. The third kappa shape index (κ3) is 3.61. The van der Waals surface area contributed by atoms with Crippen LogP contribution in [0.25, 0.3) is 0 Å². The van der Waals surface area contributed by atoms with Gasteiger partial charge in [-0.05, 0) is 36.9 Å². The largest absolute Gasteiger partial charge is 0.493 e. The van der Waals surface area contributed by atoms with Crippen molar-refractivity contribution >= 4 is 0 Å². The van der Waals surface area contributed by atoms with Crippen LogP contribution in [0.4, 0.5) is 0 Å². The minimum absolute atomic E-state index is 0.0394. The summed E-state index contributed by atoms with van der Waals surface area (Å²) in [6.45, 7) is 8.56. The van der Waals surface area contributed by atoms with Gasteiger partial charge in [0.25, 0.3) is 0 Å². The van der Waals surface area contributed by atoms with Gasteiger partial charge in [-0.15, -0.1) is 0 Å². The fraction of sp³-hybridized carbons (Fsp3) is 0.500. The SMILES string of the molecule is CCN(CC)[C@@H]1Oc2cc3c(cc2[C@H](c2cc(OC)c(OC)c(OC)c2)[C@H]1C)OCO3. The lowest BCUT2D eigenvalue weighted by molar-refractivity contribution is -0.0257. The van der Waals surface area contributed by atoms with Crippen LogP contribution in [0.15, 0.2) is 24.3 Å². The number of rotatable bonds is 7. The summed E-state index contributed by atoms with van der Waals surface area (Å²) >= 11 is 0. The van der Waals surface area contributed by atoms with Crippen molar-refractivity contribution in [1.29, 1.82) is 0 Å². The maximum Gasteiger partial charge on any atom is 0.231 e. The maximum absolute atomic E-state index is 6.53. The molecule has 31 heavy (non-hydrogen) atoms. The van der Waals surface area contributed by atoms with Crippen LogP contribution in [0.1, 0.15) is 37.8 Å². The Morgan fingerprint density at radius 2 is 1.48 bits per heavy atom. The molecule has 0 N–H and O–H groups in total. The molecule has 0 aliphatic carbocycles. The van der Waals surface area contributed by atoms with Crippen LogP contribution in [-0.2, 0) is 0 Å². The Balaban J connectivity index is 1.89. The lowest BCUT2D eigenvalue weighted by Crippen LogP contribution is -2.48. The van der Waals surface area contributed by atoms with Gasteiger partial charge in [0.1, 0.15) is 5.75 Å². The van der Waals surface area contributed by atoms with E-state index in [1.807, 2.05) is 24.3 Å². The summed E-state index contributed by atoms with van der Waals surface area (Å²) in [6, 6.07) is 8.05. The van der Waals surface area contributed by atoms with E-state index in [9.17, 15) is 0 Å². The molecule has 0 bridgehead atoms. The second-order valence-electron chi connectivity index (χ2n) is 7.77. The quantitative estimate of drug-likeness (QED) is 0.651. The highest BCUT2D eigenvalue weighted by Crippen LogP contribution is 2.51. The van der Waals surface area contributed by atoms with E-state index in [1.54, 1.807) is 21.3 Å². The molecule has 0 aromatic heterocycles. The van der Waals surface area contributed by atoms with E-state index in [0.717, 1.165) is 41.5 Å². The van der Waals surface area contributed by atoms with Crippen LogP contribution < -0.4 is 28.4 Å². The molecule has 0 unspecified atom stereocenters. The minimum Gasteiger partial charge on any atom is -0.493 e. The molecule has 2 aromatic carbocycles. The van der Waals surface area contributed by atoms with Gasteiger partial charge in [0.15, 0.2) is 29.2 Å². The molecule has 2 aliphatic heterocycles. The van der Waals surface area contributed by atoms with Gasteiger partial charge < -0.3 is 28.4 Å². The molecule has 0 saturated heterocycles. The fourth-order valence-corrected chi connectivity index (χ4v) is 4.72. The Labute approximate surface area is 183 Å². The first-order valence-electron chi connectivity index (χ1n) is 10.7. The monoisotopic (exact) mass is 429 g/mol. The summed E-state index contributed by atoms with van der Waals surface area (Å²) in [4.78, 5) is 2.34. The third-order valence-corrected chi connectivity index (χ3v) is 6.28. The number of benzene rings is 2. The highest BCUT2D eigenvalue weighted by atomic mass is 16.7. The molecule has 7 nitrogen and oxygen atoms in total. The summed E-state index contributed by atoms with van der Waals surface area (Å²) in [5.74, 6) is 4.34. The van der Waals surface area contributed by atoms with E-state index in [0.29, 0.717) is 17.2 Å². The first kappa shape index (κ1) is 21.4. The zero-order chi connectivity index (χ0) is 22.1. The van der Waals surface area contributed by atoms with Crippen LogP contribution >= 0.6 is 0 Å². The average molecular weight is 430 g/mol. The van der Waals surface area contributed by atoms with E-state index < -0.39 is 0 Å². The summed E-state index contributed by atoms with van der Waals surface area (Å²) in [7, 11) is 4.89. The van der Waals surface area contributed by atoms with E-state index >= 15 is 0 Å². The first-order chi connectivity index (χ1) is 15.1. The first-order valence-corrected chi connectivity index (χ1v) is 10.7. The van der Waals surface area contributed by atoms with E-state index in [-0.39, 0.29) is 24.9 Å². The zero-order valence-electron chi connectivity index (χ0n) is 19.1. The van der Waals surface area contributed by atoms with Gasteiger partial charge in [0, 0.05) is 23.5 Å².